The summed E-state index contributed by atoms with van der Waals surface area (Å²) < 4.78 is 37.9. The van der Waals surface area contributed by atoms with E-state index in [-0.39, 0.29) is 0 Å². The van der Waals surface area contributed by atoms with Crippen molar-refractivity contribution in [1.29, 1.82) is 0 Å². The predicted molar refractivity (Wildman–Crippen MR) is 71.2 cm³/mol. The molecule has 0 spiro atoms. The van der Waals surface area contributed by atoms with Crippen molar-refractivity contribution < 1.29 is 13.2 Å². The molecule has 0 radical (unpaired) electrons. The van der Waals surface area contributed by atoms with Gasteiger partial charge in [0.05, 0.1) is 11.6 Å². The van der Waals surface area contributed by atoms with E-state index < -0.39 is 17.8 Å². The molecule has 1 aromatic heterocycles. The van der Waals surface area contributed by atoms with Crippen LogP contribution in [0.2, 0.25) is 0 Å². The summed E-state index contributed by atoms with van der Waals surface area (Å²) in [6, 6.07) is 4.98. The van der Waals surface area contributed by atoms with E-state index in [0.29, 0.717) is 11.1 Å². The van der Waals surface area contributed by atoms with Crippen molar-refractivity contribution in [1.82, 2.24) is 4.98 Å². The van der Waals surface area contributed by atoms with E-state index in [1.165, 1.54) is 6.07 Å². The Morgan fingerprint density at radius 1 is 1.05 bits per heavy atom. The zero-order chi connectivity index (χ0) is 14.9. The first-order valence-corrected chi connectivity index (χ1v) is 6.14. The first-order valence-electron chi connectivity index (χ1n) is 6.14. The number of pyridine rings is 1. The highest BCUT2D eigenvalue weighted by molar-refractivity contribution is 5.40. The summed E-state index contributed by atoms with van der Waals surface area (Å²) in [5, 5.41) is 0. The number of aryl methyl sites for hydroxylation is 2. The van der Waals surface area contributed by atoms with Gasteiger partial charge < -0.3 is 5.73 Å². The lowest BCUT2D eigenvalue weighted by atomic mass is 9.93. The second-order valence-corrected chi connectivity index (χ2v) is 4.78. The van der Waals surface area contributed by atoms with Gasteiger partial charge in [0.25, 0.3) is 0 Å². The van der Waals surface area contributed by atoms with Crippen molar-refractivity contribution in [3.05, 3.63) is 64.5 Å². The first-order chi connectivity index (χ1) is 9.30. The van der Waals surface area contributed by atoms with Gasteiger partial charge in [-0.25, -0.2) is 0 Å². The number of hydrogen-bond acceptors (Lipinski definition) is 2. The second kappa shape index (κ2) is 5.25. The van der Waals surface area contributed by atoms with Crippen LogP contribution in [0.3, 0.4) is 0 Å². The van der Waals surface area contributed by atoms with E-state index in [4.69, 9.17) is 5.73 Å². The van der Waals surface area contributed by atoms with Crippen LogP contribution in [0, 0.1) is 13.8 Å². The summed E-state index contributed by atoms with van der Waals surface area (Å²) in [5.74, 6) is 0. The summed E-state index contributed by atoms with van der Waals surface area (Å²) in [6.45, 7) is 3.53. The van der Waals surface area contributed by atoms with Gasteiger partial charge in [-0.15, -0.1) is 0 Å². The van der Waals surface area contributed by atoms with Gasteiger partial charge >= 0.3 is 6.18 Å². The molecule has 2 rings (SSSR count). The summed E-state index contributed by atoms with van der Waals surface area (Å²) in [4.78, 5) is 4.02. The maximum absolute atomic E-state index is 12.6. The molecule has 1 aromatic carbocycles. The first kappa shape index (κ1) is 14.5. The van der Waals surface area contributed by atoms with Gasteiger partial charge in [-0.1, -0.05) is 6.07 Å². The number of nitrogens with zero attached hydrogens (tertiary/aromatic N) is 1. The summed E-state index contributed by atoms with van der Waals surface area (Å²) in [5.41, 5.74) is 8.48. The molecule has 106 valence electrons. The largest absolute Gasteiger partial charge is 0.416 e. The third-order valence-electron chi connectivity index (χ3n) is 3.35. The van der Waals surface area contributed by atoms with Gasteiger partial charge in [0, 0.05) is 12.4 Å². The number of benzene rings is 1. The fourth-order valence-corrected chi connectivity index (χ4v) is 2.17. The highest BCUT2D eigenvalue weighted by Crippen LogP contribution is 2.32. The fourth-order valence-electron chi connectivity index (χ4n) is 2.17. The summed E-state index contributed by atoms with van der Waals surface area (Å²) in [7, 11) is 0. The third-order valence-corrected chi connectivity index (χ3v) is 3.35. The minimum Gasteiger partial charge on any atom is -0.320 e. The number of alkyl halides is 3. The Balaban J connectivity index is 2.42. The highest BCUT2D eigenvalue weighted by Gasteiger charge is 2.31. The van der Waals surface area contributed by atoms with Crippen molar-refractivity contribution in [3.63, 3.8) is 0 Å². The standard InChI is InChI=1S/C15H15F3N2/c1-9-5-6-20-8-13(9)14(19)12-4-3-11(7-10(12)2)15(16,17)18/h3-8,14H,19H2,1-2H3. The van der Waals surface area contributed by atoms with Crippen LogP contribution in [-0.4, -0.2) is 4.98 Å². The Morgan fingerprint density at radius 3 is 2.30 bits per heavy atom. The molecular formula is C15H15F3N2. The molecule has 0 fully saturated rings. The molecule has 0 amide bonds. The Morgan fingerprint density at radius 2 is 1.75 bits per heavy atom. The molecule has 1 unspecified atom stereocenters. The molecular weight excluding hydrogens is 265 g/mol. The van der Waals surface area contributed by atoms with Crippen LogP contribution >= 0.6 is 0 Å². The normalized spacial score (nSPS) is 13.3. The molecule has 20 heavy (non-hydrogen) atoms. The average Bonchev–Trinajstić information content (AvgIpc) is 2.37. The molecule has 2 nitrogen and oxygen atoms in total. The van der Waals surface area contributed by atoms with Gasteiger partial charge in [-0.05, 0) is 54.3 Å². The zero-order valence-corrected chi connectivity index (χ0v) is 11.2. The molecule has 1 atom stereocenters. The van der Waals surface area contributed by atoms with Gasteiger partial charge in [0.15, 0.2) is 0 Å². The van der Waals surface area contributed by atoms with Crippen LogP contribution in [-0.2, 0) is 6.18 Å². The van der Waals surface area contributed by atoms with Crippen LogP contribution in [0.4, 0.5) is 13.2 Å². The van der Waals surface area contributed by atoms with E-state index >= 15 is 0 Å². The Hall–Kier alpha value is -1.88. The van der Waals surface area contributed by atoms with E-state index in [9.17, 15) is 13.2 Å². The van der Waals surface area contributed by atoms with Crippen LogP contribution in [0.25, 0.3) is 0 Å². The third kappa shape index (κ3) is 2.82. The smallest absolute Gasteiger partial charge is 0.320 e. The Bertz CT molecular complexity index is 621. The molecule has 0 saturated heterocycles. The molecule has 1 heterocycles. The maximum atomic E-state index is 12.6. The van der Waals surface area contributed by atoms with Crippen molar-refractivity contribution >= 4 is 0 Å². The minimum atomic E-state index is -4.34. The SMILES string of the molecule is Cc1cc(C(F)(F)F)ccc1C(N)c1cnccc1C. The van der Waals surface area contributed by atoms with Gasteiger partial charge in [0.1, 0.15) is 0 Å². The molecule has 0 aliphatic heterocycles. The van der Waals surface area contributed by atoms with E-state index in [1.54, 1.807) is 19.3 Å². The quantitative estimate of drug-likeness (QED) is 0.909. The summed E-state index contributed by atoms with van der Waals surface area (Å²) in [6.07, 6.45) is -1.03. The monoisotopic (exact) mass is 280 g/mol. The topological polar surface area (TPSA) is 38.9 Å². The van der Waals surface area contributed by atoms with Crippen molar-refractivity contribution in [2.75, 3.05) is 0 Å². The lowest BCUT2D eigenvalue weighted by Gasteiger charge is -2.18. The molecule has 0 bridgehead atoms. The van der Waals surface area contributed by atoms with Crippen LogP contribution in [0.5, 0.6) is 0 Å². The van der Waals surface area contributed by atoms with Gasteiger partial charge in [-0.2, -0.15) is 13.2 Å². The fraction of sp³-hybridized carbons (Fsp3) is 0.267. The predicted octanol–water partition coefficient (Wildman–Crippen LogP) is 3.77. The van der Waals surface area contributed by atoms with Gasteiger partial charge in [0.2, 0.25) is 0 Å². The van der Waals surface area contributed by atoms with E-state index in [1.807, 2.05) is 13.0 Å². The highest BCUT2D eigenvalue weighted by atomic mass is 19.4. The number of rotatable bonds is 2. The van der Waals surface area contributed by atoms with Crippen LogP contribution in [0.1, 0.15) is 33.9 Å². The molecule has 5 heteroatoms. The van der Waals surface area contributed by atoms with E-state index in [0.717, 1.165) is 23.3 Å². The molecule has 0 aliphatic rings. The minimum absolute atomic E-state index is 0.481. The number of nitrogens with two attached hydrogens (primary N) is 1. The zero-order valence-electron chi connectivity index (χ0n) is 11.2. The number of halogens is 3. The Kier molecular flexibility index (Phi) is 3.81. The molecule has 0 saturated carbocycles. The molecule has 2 N–H and O–H groups in total. The lowest BCUT2D eigenvalue weighted by molar-refractivity contribution is -0.137. The Labute approximate surface area is 115 Å². The average molecular weight is 280 g/mol. The maximum Gasteiger partial charge on any atom is 0.416 e. The van der Waals surface area contributed by atoms with Crippen molar-refractivity contribution in [2.45, 2.75) is 26.1 Å². The summed E-state index contributed by atoms with van der Waals surface area (Å²) >= 11 is 0. The second-order valence-electron chi connectivity index (χ2n) is 4.78. The van der Waals surface area contributed by atoms with Crippen LogP contribution < -0.4 is 5.73 Å². The van der Waals surface area contributed by atoms with Gasteiger partial charge in [-0.3, -0.25) is 4.98 Å². The van der Waals surface area contributed by atoms with Crippen molar-refractivity contribution in [2.24, 2.45) is 5.73 Å². The van der Waals surface area contributed by atoms with Crippen molar-refractivity contribution in [3.8, 4) is 0 Å². The lowest BCUT2D eigenvalue weighted by Crippen LogP contribution is -2.16. The molecule has 0 aliphatic carbocycles. The number of aromatic nitrogens is 1. The molecule has 2 aromatic rings. The number of hydrogen-bond donors (Lipinski definition) is 1. The van der Waals surface area contributed by atoms with E-state index in [2.05, 4.69) is 4.98 Å². The van der Waals surface area contributed by atoms with Crippen LogP contribution in [0.15, 0.2) is 36.7 Å².